The summed E-state index contributed by atoms with van der Waals surface area (Å²) in [6.45, 7) is 2.90. The summed E-state index contributed by atoms with van der Waals surface area (Å²) in [6.07, 6.45) is 10.3. The van der Waals surface area contributed by atoms with Gasteiger partial charge in [-0.25, -0.2) is 0 Å². The molecule has 0 saturated heterocycles. The molecule has 0 atom stereocenters. The molecule has 0 unspecified atom stereocenters. The Hall–Kier alpha value is -2.37. The molecule has 0 aliphatic heterocycles. The van der Waals surface area contributed by atoms with E-state index in [1.54, 1.807) is 12.1 Å². The average Bonchev–Trinajstić information content (AvgIpc) is 2.83. The van der Waals surface area contributed by atoms with Gasteiger partial charge in [-0.05, 0) is 100 Å². The van der Waals surface area contributed by atoms with E-state index in [1.165, 1.54) is 0 Å². The van der Waals surface area contributed by atoms with Crippen LogP contribution in [0, 0.1) is 16.7 Å². The molecule has 4 aliphatic rings. The molecule has 1 aromatic carbocycles. The lowest BCUT2D eigenvalue weighted by Crippen LogP contribution is -2.49. The van der Waals surface area contributed by atoms with Crippen molar-refractivity contribution in [3.63, 3.8) is 0 Å². The molecule has 33 heavy (non-hydrogen) atoms. The second kappa shape index (κ2) is 9.86. The number of carboxylic acid groups (broad SMARTS) is 1. The third-order valence-electron chi connectivity index (χ3n) is 8.47. The summed E-state index contributed by atoms with van der Waals surface area (Å²) < 4.78 is 5.98. The van der Waals surface area contributed by atoms with Crippen LogP contribution in [0.1, 0.15) is 94.3 Å². The number of hydrogen-bond donors (Lipinski definition) is 2. The fourth-order valence-corrected chi connectivity index (χ4v) is 5.84. The van der Waals surface area contributed by atoms with Crippen molar-refractivity contribution in [2.75, 3.05) is 6.54 Å². The zero-order valence-corrected chi connectivity index (χ0v) is 19.7. The maximum atomic E-state index is 12.8. The first-order valence-corrected chi connectivity index (χ1v) is 12.6. The molecule has 5 rings (SSSR count). The Labute approximate surface area is 196 Å². The van der Waals surface area contributed by atoms with Crippen molar-refractivity contribution in [1.82, 2.24) is 5.32 Å². The lowest BCUT2D eigenvalue weighted by molar-refractivity contribution is -0.143. The van der Waals surface area contributed by atoms with Crippen LogP contribution in [-0.4, -0.2) is 35.4 Å². The lowest BCUT2D eigenvalue weighted by Gasteiger charge is -2.51. The highest BCUT2D eigenvalue weighted by Crippen LogP contribution is 2.56. The SMILES string of the molecule is CC12CCC(C(=O)NCCCC(=O)c3ccc(OC4CCC(C(=O)O)CC4)cc3)(CC1)CC2. The zero-order chi connectivity index (χ0) is 23.5. The summed E-state index contributed by atoms with van der Waals surface area (Å²) in [6, 6.07) is 7.22. The van der Waals surface area contributed by atoms with Gasteiger partial charge in [0.2, 0.25) is 5.91 Å². The Balaban J connectivity index is 1.16. The first kappa shape index (κ1) is 23.8. The van der Waals surface area contributed by atoms with E-state index in [-0.39, 0.29) is 29.1 Å². The van der Waals surface area contributed by atoms with E-state index in [9.17, 15) is 14.4 Å². The molecule has 4 aliphatic carbocycles. The molecular weight excluding hydrogens is 418 g/mol. The quantitative estimate of drug-likeness (QED) is 0.397. The van der Waals surface area contributed by atoms with E-state index >= 15 is 0 Å². The van der Waals surface area contributed by atoms with Gasteiger partial charge in [0.05, 0.1) is 12.0 Å². The Morgan fingerprint density at radius 1 is 0.970 bits per heavy atom. The van der Waals surface area contributed by atoms with Crippen LogP contribution >= 0.6 is 0 Å². The minimum atomic E-state index is -0.717. The number of aliphatic carboxylic acids is 1. The van der Waals surface area contributed by atoms with Gasteiger partial charge in [-0.3, -0.25) is 14.4 Å². The summed E-state index contributed by atoms with van der Waals surface area (Å²) in [4.78, 5) is 36.4. The predicted molar refractivity (Wildman–Crippen MR) is 125 cm³/mol. The second-order valence-corrected chi connectivity index (χ2v) is 10.8. The summed E-state index contributed by atoms with van der Waals surface area (Å²) >= 11 is 0. The maximum absolute atomic E-state index is 12.8. The third kappa shape index (κ3) is 5.59. The molecule has 0 spiro atoms. The van der Waals surface area contributed by atoms with Crippen LogP contribution in [0.5, 0.6) is 5.75 Å². The van der Waals surface area contributed by atoms with Crippen molar-refractivity contribution < 1.29 is 24.2 Å². The van der Waals surface area contributed by atoms with Crippen molar-refractivity contribution >= 4 is 17.7 Å². The molecule has 0 heterocycles. The van der Waals surface area contributed by atoms with Crippen molar-refractivity contribution in [1.29, 1.82) is 0 Å². The number of carbonyl (C=O) groups excluding carboxylic acids is 2. The van der Waals surface area contributed by atoms with Gasteiger partial charge in [-0.1, -0.05) is 6.92 Å². The fourth-order valence-electron chi connectivity index (χ4n) is 5.84. The van der Waals surface area contributed by atoms with Gasteiger partial charge in [0, 0.05) is 23.9 Å². The smallest absolute Gasteiger partial charge is 0.306 e. The normalized spacial score (nSPS) is 31.1. The van der Waals surface area contributed by atoms with Gasteiger partial charge in [0.15, 0.2) is 5.78 Å². The van der Waals surface area contributed by atoms with Gasteiger partial charge < -0.3 is 15.2 Å². The Kier molecular flexibility index (Phi) is 7.10. The van der Waals surface area contributed by atoms with Crippen LogP contribution in [-0.2, 0) is 9.59 Å². The number of rotatable bonds is 9. The van der Waals surface area contributed by atoms with Crippen molar-refractivity contribution in [3.8, 4) is 5.75 Å². The number of nitrogens with one attached hydrogen (secondary N) is 1. The van der Waals surface area contributed by atoms with E-state index in [2.05, 4.69) is 12.2 Å². The molecule has 0 aromatic heterocycles. The average molecular weight is 456 g/mol. The van der Waals surface area contributed by atoms with Crippen molar-refractivity contribution in [2.24, 2.45) is 16.7 Å². The van der Waals surface area contributed by atoms with Gasteiger partial charge >= 0.3 is 5.97 Å². The number of carbonyl (C=O) groups is 3. The summed E-state index contributed by atoms with van der Waals surface area (Å²) in [7, 11) is 0. The van der Waals surface area contributed by atoms with Gasteiger partial charge in [-0.2, -0.15) is 0 Å². The minimum Gasteiger partial charge on any atom is -0.490 e. The lowest BCUT2D eigenvalue weighted by atomic mass is 9.54. The van der Waals surface area contributed by atoms with Crippen LogP contribution in [0.4, 0.5) is 0 Å². The number of amides is 1. The summed E-state index contributed by atoms with van der Waals surface area (Å²) in [5.41, 5.74) is 0.944. The minimum absolute atomic E-state index is 0.0345. The highest BCUT2D eigenvalue weighted by Gasteiger charge is 2.50. The molecule has 0 radical (unpaired) electrons. The van der Waals surface area contributed by atoms with E-state index in [0.29, 0.717) is 49.0 Å². The van der Waals surface area contributed by atoms with Crippen LogP contribution < -0.4 is 10.1 Å². The molecule has 180 valence electrons. The Morgan fingerprint density at radius 2 is 1.58 bits per heavy atom. The van der Waals surface area contributed by atoms with Crippen LogP contribution in [0.15, 0.2) is 24.3 Å². The van der Waals surface area contributed by atoms with Gasteiger partial charge in [0.25, 0.3) is 0 Å². The number of Topliss-reactive ketones (excluding diaryl/α,β-unsaturated/α-hetero) is 1. The van der Waals surface area contributed by atoms with E-state index in [0.717, 1.165) is 51.4 Å². The molecule has 4 saturated carbocycles. The first-order valence-electron chi connectivity index (χ1n) is 12.6. The number of hydrogen-bond acceptors (Lipinski definition) is 4. The molecule has 1 aromatic rings. The highest BCUT2D eigenvalue weighted by atomic mass is 16.5. The number of benzene rings is 1. The van der Waals surface area contributed by atoms with Gasteiger partial charge in [-0.15, -0.1) is 0 Å². The predicted octanol–water partition coefficient (Wildman–Crippen LogP) is 5.15. The zero-order valence-electron chi connectivity index (χ0n) is 19.7. The molecule has 2 N–H and O–H groups in total. The monoisotopic (exact) mass is 455 g/mol. The second-order valence-electron chi connectivity index (χ2n) is 10.8. The Morgan fingerprint density at radius 3 is 2.15 bits per heavy atom. The molecule has 1 amide bonds. The molecule has 4 fully saturated rings. The van der Waals surface area contributed by atoms with E-state index < -0.39 is 5.97 Å². The van der Waals surface area contributed by atoms with Gasteiger partial charge in [0.1, 0.15) is 5.75 Å². The molecule has 6 nitrogen and oxygen atoms in total. The number of fused-ring (bicyclic) bond motifs is 3. The standard InChI is InChI=1S/C27H37NO5/c1-26-12-15-27(16-13-26,17-14-26)25(32)28-18-2-3-23(29)19-4-8-21(9-5-19)33-22-10-6-20(7-11-22)24(30)31/h4-5,8-9,20,22H,2-3,6-7,10-18H2,1H3,(H,28,32)(H,30,31). The van der Waals surface area contributed by atoms with Crippen molar-refractivity contribution in [2.45, 2.75) is 90.1 Å². The maximum Gasteiger partial charge on any atom is 0.306 e. The van der Waals surface area contributed by atoms with Crippen LogP contribution in [0.3, 0.4) is 0 Å². The van der Waals surface area contributed by atoms with E-state index in [4.69, 9.17) is 9.84 Å². The summed E-state index contributed by atoms with van der Waals surface area (Å²) in [5.74, 6) is 0.00651. The van der Waals surface area contributed by atoms with Crippen LogP contribution in [0.25, 0.3) is 0 Å². The Bertz CT molecular complexity index is 844. The highest BCUT2D eigenvalue weighted by molar-refractivity contribution is 5.96. The van der Waals surface area contributed by atoms with Crippen molar-refractivity contribution in [3.05, 3.63) is 29.8 Å². The third-order valence-corrected chi connectivity index (χ3v) is 8.47. The molecule has 2 bridgehead atoms. The summed E-state index contributed by atoms with van der Waals surface area (Å²) in [5, 5.41) is 12.2. The number of ether oxygens (including phenoxy) is 1. The van der Waals surface area contributed by atoms with Crippen LogP contribution in [0.2, 0.25) is 0 Å². The van der Waals surface area contributed by atoms with E-state index in [1.807, 2.05) is 12.1 Å². The topological polar surface area (TPSA) is 92.7 Å². The first-order chi connectivity index (χ1) is 15.8. The number of carboxylic acids is 1. The molecule has 6 heteroatoms. The fraction of sp³-hybridized carbons (Fsp3) is 0.667. The largest absolute Gasteiger partial charge is 0.490 e. The molecular formula is C27H37NO5. The number of ketones is 1.